The molecule has 0 saturated carbocycles. The third-order valence-electron chi connectivity index (χ3n) is 4.10. The second kappa shape index (κ2) is 6.80. The molecule has 2 aromatic rings. The highest BCUT2D eigenvalue weighted by Crippen LogP contribution is 2.33. The summed E-state index contributed by atoms with van der Waals surface area (Å²) in [5.41, 5.74) is 1.01. The van der Waals surface area contributed by atoms with Crippen molar-refractivity contribution in [1.29, 1.82) is 0 Å². The number of nitrogens with zero attached hydrogens (tertiary/aromatic N) is 2. The van der Waals surface area contributed by atoms with Crippen LogP contribution in [0, 0.1) is 6.92 Å². The van der Waals surface area contributed by atoms with Crippen molar-refractivity contribution < 1.29 is 14.3 Å². The van der Waals surface area contributed by atoms with E-state index in [0.29, 0.717) is 17.8 Å². The number of aryl methyl sites for hydroxylation is 3. The van der Waals surface area contributed by atoms with Crippen molar-refractivity contribution in [2.24, 2.45) is 0 Å². The molecule has 0 unspecified atom stereocenters. The fourth-order valence-electron chi connectivity index (χ4n) is 2.94. The first-order valence-corrected chi connectivity index (χ1v) is 8.59. The molecule has 3 rings (SSSR count). The summed E-state index contributed by atoms with van der Waals surface area (Å²) in [6.07, 6.45) is 4.21. The van der Waals surface area contributed by atoms with Crippen molar-refractivity contribution >= 4 is 27.5 Å². The molecule has 23 heavy (non-hydrogen) atoms. The Hall–Kier alpha value is -1.73. The summed E-state index contributed by atoms with van der Waals surface area (Å²) in [6, 6.07) is 0. The molecule has 0 fully saturated rings. The van der Waals surface area contributed by atoms with E-state index < -0.39 is 5.97 Å². The number of hydrogen-bond donors (Lipinski definition) is 0. The van der Waals surface area contributed by atoms with Crippen LogP contribution in [0.25, 0.3) is 10.2 Å². The Morgan fingerprint density at radius 2 is 2.09 bits per heavy atom. The van der Waals surface area contributed by atoms with Gasteiger partial charge in [-0.15, -0.1) is 11.3 Å². The molecule has 124 valence electrons. The normalized spacial score (nSPS) is 14.0. The number of rotatable bonds is 5. The lowest BCUT2D eigenvalue weighted by atomic mass is 9.97. The summed E-state index contributed by atoms with van der Waals surface area (Å²) in [5, 5.41) is 0.694. The predicted octanol–water partition coefficient (Wildman–Crippen LogP) is 1.83. The van der Waals surface area contributed by atoms with Gasteiger partial charge in [0.25, 0.3) is 5.56 Å². The summed E-state index contributed by atoms with van der Waals surface area (Å²) >= 11 is 1.62. The molecule has 2 heterocycles. The van der Waals surface area contributed by atoms with Crippen molar-refractivity contribution in [3.63, 3.8) is 0 Å². The van der Waals surface area contributed by atoms with E-state index in [1.165, 1.54) is 15.9 Å². The van der Waals surface area contributed by atoms with Crippen molar-refractivity contribution in [3.05, 3.63) is 26.6 Å². The van der Waals surface area contributed by atoms with Gasteiger partial charge in [0.05, 0.1) is 12.0 Å². The Kier molecular flexibility index (Phi) is 4.77. The first kappa shape index (κ1) is 16.1. The number of hydrogen-bond acceptors (Lipinski definition) is 6. The molecule has 7 heteroatoms. The second-order valence-corrected chi connectivity index (χ2v) is 6.74. The molecule has 6 nitrogen and oxygen atoms in total. The Labute approximate surface area is 138 Å². The second-order valence-electron chi connectivity index (χ2n) is 5.65. The molecular formula is C16H20N2O4S. The van der Waals surface area contributed by atoms with Gasteiger partial charge in [0.1, 0.15) is 23.8 Å². The zero-order valence-electron chi connectivity index (χ0n) is 13.4. The standard InChI is InChI=1S/C16H20N2O4S/c1-10-17-15-14(11-5-3-4-6-12(11)23-15)16(20)18(10)9-13(19)22-8-7-21-2/h3-9H2,1-2H3. The fourth-order valence-corrected chi connectivity index (χ4v) is 4.24. The van der Waals surface area contributed by atoms with Crippen LogP contribution in [-0.2, 0) is 33.7 Å². The van der Waals surface area contributed by atoms with E-state index in [-0.39, 0.29) is 18.7 Å². The zero-order valence-corrected chi connectivity index (χ0v) is 14.2. The molecule has 0 saturated heterocycles. The number of esters is 1. The van der Waals surface area contributed by atoms with E-state index in [2.05, 4.69) is 4.98 Å². The van der Waals surface area contributed by atoms with Gasteiger partial charge >= 0.3 is 5.97 Å². The van der Waals surface area contributed by atoms with E-state index >= 15 is 0 Å². The largest absolute Gasteiger partial charge is 0.462 e. The molecule has 0 bridgehead atoms. The fraction of sp³-hybridized carbons (Fsp3) is 0.562. The molecule has 0 atom stereocenters. The lowest BCUT2D eigenvalue weighted by Crippen LogP contribution is -2.29. The molecule has 1 aliphatic rings. The molecule has 2 aromatic heterocycles. The smallest absolute Gasteiger partial charge is 0.326 e. The number of aromatic nitrogens is 2. The third kappa shape index (κ3) is 3.16. The van der Waals surface area contributed by atoms with E-state index in [1.807, 2.05) is 0 Å². The average Bonchev–Trinajstić information content (AvgIpc) is 2.89. The van der Waals surface area contributed by atoms with Crippen LogP contribution in [0.2, 0.25) is 0 Å². The van der Waals surface area contributed by atoms with Gasteiger partial charge < -0.3 is 9.47 Å². The lowest BCUT2D eigenvalue weighted by molar-refractivity contribution is -0.145. The van der Waals surface area contributed by atoms with Crippen LogP contribution in [0.3, 0.4) is 0 Å². The molecule has 1 aliphatic carbocycles. The highest BCUT2D eigenvalue weighted by Gasteiger charge is 2.21. The topological polar surface area (TPSA) is 70.4 Å². The van der Waals surface area contributed by atoms with Gasteiger partial charge in [-0.2, -0.15) is 0 Å². The summed E-state index contributed by atoms with van der Waals surface area (Å²) < 4.78 is 11.3. The maximum absolute atomic E-state index is 12.8. The average molecular weight is 336 g/mol. The Bertz CT molecular complexity index is 793. The van der Waals surface area contributed by atoms with E-state index in [4.69, 9.17) is 9.47 Å². The predicted molar refractivity (Wildman–Crippen MR) is 88.1 cm³/mol. The summed E-state index contributed by atoms with van der Waals surface area (Å²) in [7, 11) is 1.54. The first-order valence-electron chi connectivity index (χ1n) is 7.78. The highest BCUT2D eigenvalue weighted by molar-refractivity contribution is 7.18. The summed E-state index contributed by atoms with van der Waals surface area (Å²) in [4.78, 5) is 31.3. The van der Waals surface area contributed by atoms with Crippen LogP contribution < -0.4 is 5.56 Å². The Morgan fingerprint density at radius 1 is 1.30 bits per heavy atom. The highest BCUT2D eigenvalue weighted by atomic mass is 32.1. The molecule has 0 spiro atoms. The molecule has 0 radical (unpaired) electrons. The Morgan fingerprint density at radius 3 is 2.87 bits per heavy atom. The van der Waals surface area contributed by atoms with Gasteiger partial charge in [-0.25, -0.2) is 4.98 Å². The zero-order chi connectivity index (χ0) is 16.4. The van der Waals surface area contributed by atoms with E-state index in [1.54, 1.807) is 25.4 Å². The lowest BCUT2D eigenvalue weighted by Gasteiger charge is -2.12. The van der Waals surface area contributed by atoms with Gasteiger partial charge in [0.15, 0.2) is 0 Å². The van der Waals surface area contributed by atoms with Gasteiger partial charge in [-0.3, -0.25) is 14.2 Å². The third-order valence-corrected chi connectivity index (χ3v) is 5.29. The molecule has 0 aromatic carbocycles. The number of fused-ring (bicyclic) bond motifs is 3. The summed E-state index contributed by atoms with van der Waals surface area (Å²) in [6.45, 7) is 2.17. The minimum Gasteiger partial charge on any atom is -0.462 e. The van der Waals surface area contributed by atoms with Gasteiger partial charge in [-0.05, 0) is 38.2 Å². The van der Waals surface area contributed by atoms with Gasteiger partial charge in [0.2, 0.25) is 0 Å². The first-order chi connectivity index (χ1) is 11.1. The molecular weight excluding hydrogens is 316 g/mol. The van der Waals surface area contributed by atoms with Crippen molar-refractivity contribution in [2.45, 2.75) is 39.2 Å². The number of carbonyl (C=O) groups excluding carboxylic acids is 1. The van der Waals surface area contributed by atoms with Gasteiger partial charge in [-0.1, -0.05) is 0 Å². The summed E-state index contributed by atoms with van der Waals surface area (Å²) in [5.74, 6) is 0.0993. The van der Waals surface area contributed by atoms with Crippen LogP contribution in [0.5, 0.6) is 0 Å². The minimum absolute atomic E-state index is 0.109. The number of ether oxygens (including phenoxy) is 2. The van der Waals surface area contributed by atoms with Crippen LogP contribution in [-0.4, -0.2) is 35.8 Å². The van der Waals surface area contributed by atoms with Crippen LogP contribution in [0.4, 0.5) is 0 Å². The maximum Gasteiger partial charge on any atom is 0.326 e. The molecule has 0 N–H and O–H groups in total. The van der Waals surface area contributed by atoms with Crippen LogP contribution >= 0.6 is 11.3 Å². The maximum atomic E-state index is 12.8. The van der Waals surface area contributed by atoms with E-state index in [9.17, 15) is 9.59 Å². The van der Waals surface area contributed by atoms with Crippen LogP contribution in [0.15, 0.2) is 4.79 Å². The van der Waals surface area contributed by atoms with Gasteiger partial charge in [0, 0.05) is 12.0 Å². The molecule has 0 aliphatic heterocycles. The number of carbonyl (C=O) groups is 1. The van der Waals surface area contributed by atoms with E-state index in [0.717, 1.165) is 29.7 Å². The van der Waals surface area contributed by atoms with Crippen molar-refractivity contribution in [1.82, 2.24) is 9.55 Å². The monoisotopic (exact) mass is 336 g/mol. The number of thiophene rings is 1. The quantitative estimate of drug-likeness (QED) is 0.615. The van der Waals surface area contributed by atoms with Crippen LogP contribution in [0.1, 0.15) is 29.1 Å². The molecule has 0 amide bonds. The number of methoxy groups -OCH3 is 1. The van der Waals surface area contributed by atoms with Crippen molar-refractivity contribution in [2.75, 3.05) is 20.3 Å². The Balaban J connectivity index is 1.94. The minimum atomic E-state index is -0.447. The SMILES string of the molecule is COCCOC(=O)Cn1c(C)nc2sc3c(c2c1=O)CCCC3. The van der Waals surface area contributed by atoms with Crippen molar-refractivity contribution in [3.8, 4) is 0 Å².